The summed E-state index contributed by atoms with van der Waals surface area (Å²) in [5, 5.41) is 4.31. The van der Waals surface area contributed by atoms with E-state index in [0.29, 0.717) is 5.41 Å². The van der Waals surface area contributed by atoms with Gasteiger partial charge in [-0.25, -0.2) is 0 Å². The lowest BCUT2D eigenvalue weighted by Crippen LogP contribution is -2.44. The van der Waals surface area contributed by atoms with E-state index < -0.39 is 0 Å². The number of nitrogens with one attached hydrogen (secondary N) is 1. The van der Waals surface area contributed by atoms with Crippen LogP contribution in [0, 0.1) is 5.41 Å². The van der Waals surface area contributed by atoms with Crippen molar-refractivity contribution < 1.29 is 0 Å². The summed E-state index contributed by atoms with van der Waals surface area (Å²) in [5.41, 5.74) is 2.97. The van der Waals surface area contributed by atoms with E-state index in [0.717, 1.165) is 37.7 Å². The van der Waals surface area contributed by atoms with Crippen LogP contribution in [0.3, 0.4) is 0 Å². The SMILES string of the molecule is CN1CCN(CC2(C)CCNC2)c2cc(Cl)ccc21. The maximum Gasteiger partial charge on any atom is 0.0619 e. The average Bonchev–Trinajstić information content (AvgIpc) is 2.80. The Balaban J connectivity index is 1.88. The first-order valence-corrected chi connectivity index (χ1v) is 7.42. The van der Waals surface area contributed by atoms with Crippen LogP contribution in [0.2, 0.25) is 5.02 Å². The summed E-state index contributed by atoms with van der Waals surface area (Å²) in [6.07, 6.45) is 1.26. The molecule has 19 heavy (non-hydrogen) atoms. The van der Waals surface area contributed by atoms with Crippen LogP contribution in [-0.4, -0.2) is 39.8 Å². The Labute approximate surface area is 120 Å². The Morgan fingerprint density at radius 3 is 2.89 bits per heavy atom. The molecule has 0 amide bonds. The van der Waals surface area contributed by atoms with E-state index >= 15 is 0 Å². The van der Waals surface area contributed by atoms with Crippen LogP contribution in [-0.2, 0) is 0 Å². The smallest absolute Gasteiger partial charge is 0.0619 e. The second-order valence-electron chi connectivity index (χ2n) is 6.21. The molecule has 0 bridgehead atoms. The van der Waals surface area contributed by atoms with Gasteiger partial charge in [0, 0.05) is 38.2 Å². The molecule has 0 saturated carbocycles. The average molecular weight is 280 g/mol. The lowest BCUT2D eigenvalue weighted by Gasteiger charge is -2.41. The molecule has 2 aliphatic rings. The largest absolute Gasteiger partial charge is 0.371 e. The molecule has 4 heteroatoms. The monoisotopic (exact) mass is 279 g/mol. The molecule has 3 rings (SSSR count). The Hall–Kier alpha value is -0.930. The zero-order chi connectivity index (χ0) is 13.5. The van der Waals surface area contributed by atoms with Crippen LogP contribution >= 0.6 is 11.6 Å². The van der Waals surface area contributed by atoms with Gasteiger partial charge in [0.25, 0.3) is 0 Å². The first-order valence-electron chi connectivity index (χ1n) is 7.04. The van der Waals surface area contributed by atoms with Crippen molar-refractivity contribution >= 4 is 23.0 Å². The fourth-order valence-corrected chi connectivity index (χ4v) is 3.38. The van der Waals surface area contributed by atoms with Crippen molar-refractivity contribution in [1.82, 2.24) is 5.32 Å². The first kappa shape index (κ1) is 13.1. The summed E-state index contributed by atoms with van der Waals surface area (Å²) < 4.78 is 0. The molecule has 2 aliphatic heterocycles. The molecule has 1 N–H and O–H groups in total. The Bertz CT molecular complexity index is 468. The van der Waals surface area contributed by atoms with E-state index in [-0.39, 0.29) is 0 Å². The van der Waals surface area contributed by atoms with Gasteiger partial charge < -0.3 is 15.1 Å². The lowest BCUT2D eigenvalue weighted by atomic mass is 9.88. The van der Waals surface area contributed by atoms with Gasteiger partial charge in [-0.05, 0) is 36.6 Å². The lowest BCUT2D eigenvalue weighted by molar-refractivity contribution is 0.364. The molecule has 104 valence electrons. The topological polar surface area (TPSA) is 18.5 Å². The van der Waals surface area contributed by atoms with Gasteiger partial charge in [-0.1, -0.05) is 18.5 Å². The third-order valence-electron chi connectivity index (χ3n) is 4.42. The summed E-state index contributed by atoms with van der Waals surface area (Å²) in [5.74, 6) is 0. The molecule has 3 nitrogen and oxygen atoms in total. The van der Waals surface area contributed by atoms with Crippen LogP contribution in [0.25, 0.3) is 0 Å². The molecule has 1 aromatic carbocycles. The standard InChI is InChI=1S/C15H22ClN3/c1-15(5-6-17-10-15)11-19-8-7-18(2)13-4-3-12(16)9-14(13)19/h3-4,9,17H,5-8,10-11H2,1-2H3. The Kier molecular flexibility index (Phi) is 3.35. The molecule has 0 aromatic heterocycles. The van der Waals surface area contributed by atoms with Gasteiger partial charge in [0.05, 0.1) is 11.4 Å². The highest BCUT2D eigenvalue weighted by atomic mass is 35.5. The van der Waals surface area contributed by atoms with Crippen molar-refractivity contribution in [2.24, 2.45) is 5.41 Å². The summed E-state index contributed by atoms with van der Waals surface area (Å²) in [6, 6.07) is 6.23. The van der Waals surface area contributed by atoms with Crippen molar-refractivity contribution in [3.05, 3.63) is 23.2 Å². The molecule has 1 atom stereocenters. The van der Waals surface area contributed by atoms with Crippen LogP contribution in [0.1, 0.15) is 13.3 Å². The minimum atomic E-state index is 0.384. The van der Waals surface area contributed by atoms with Gasteiger partial charge >= 0.3 is 0 Å². The quantitative estimate of drug-likeness (QED) is 0.898. The van der Waals surface area contributed by atoms with Gasteiger partial charge in [0.2, 0.25) is 0 Å². The van der Waals surface area contributed by atoms with Crippen molar-refractivity contribution in [1.29, 1.82) is 0 Å². The normalized spacial score (nSPS) is 26.7. The van der Waals surface area contributed by atoms with Crippen molar-refractivity contribution in [3.63, 3.8) is 0 Å². The zero-order valence-electron chi connectivity index (χ0n) is 11.7. The Morgan fingerprint density at radius 2 is 2.16 bits per heavy atom. The van der Waals surface area contributed by atoms with Gasteiger partial charge in [0.15, 0.2) is 0 Å². The van der Waals surface area contributed by atoms with E-state index in [1.54, 1.807) is 0 Å². The van der Waals surface area contributed by atoms with Gasteiger partial charge in [0.1, 0.15) is 0 Å². The summed E-state index contributed by atoms with van der Waals surface area (Å²) in [6.45, 7) is 7.93. The minimum absolute atomic E-state index is 0.384. The van der Waals surface area contributed by atoms with Gasteiger partial charge in [-0.3, -0.25) is 0 Å². The number of anilines is 2. The van der Waals surface area contributed by atoms with Crippen molar-refractivity contribution in [2.75, 3.05) is 49.6 Å². The highest BCUT2D eigenvalue weighted by molar-refractivity contribution is 6.31. The fourth-order valence-electron chi connectivity index (χ4n) is 3.21. The third kappa shape index (κ3) is 2.54. The molecule has 0 radical (unpaired) electrons. The Morgan fingerprint density at radius 1 is 1.32 bits per heavy atom. The molecular weight excluding hydrogens is 258 g/mol. The molecule has 1 unspecified atom stereocenters. The fraction of sp³-hybridized carbons (Fsp3) is 0.600. The highest BCUT2D eigenvalue weighted by Crippen LogP contribution is 2.37. The molecule has 1 aromatic rings. The molecule has 0 aliphatic carbocycles. The van der Waals surface area contributed by atoms with E-state index in [4.69, 9.17) is 11.6 Å². The predicted octanol–water partition coefficient (Wildman–Crippen LogP) is 2.60. The number of nitrogens with zero attached hydrogens (tertiary/aromatic N) is 2. The molecule has 2 heterocycles. The maximum absolute atomic E-state index is 6.18. The zero-order valence-corrected chi connectivity index (χ0v) is 12.5. The number of rotatable bonds is 2. The first-order chi connectivity index (χ1) is 9.07. The van der Waals surface area contributed by atoms with Crippen molar-refractivity contribution in [2.45, 2.75) is 13.3 Å². The molecule has 0 spiro atoms. The molecule has 1 fully saturated rings. The second-order valence-corrected chi connectivity index (χ2v) is 6.65. The summed E-state index contributed by atoms with van der Waals surface area (Å²) in [7, 11) is 2.16. The van der Waals surface area contributed by atoms with E-state index in [1.165, 1.54) is 17.8 Å². The van der Waals surface area contributed by atoms with E-state index in [2.05, 4.69) is 41.2 Å². The minimum Gasteiger partial charge on any atom is -0.371 e. The van der Waals surface area contributed by atoms with Gasteiger partial charge in [-0.15, -0.1) is 0 Å². The summed E-state index contributed by atoms with van der Waals surface area (Å²) in [4.78, 5) is 4.83. The number of benzene rings is 1. The van der Waals surface area contributed by atoms with Crippen LogP contribution in [0.5, 0.6) is 0 Å². The number of fused-ring (bicyclic) bond motifs is 1. The maximum atomic E-state index is 6.18. The summed E-state index contributed by atoms with van der Waals surface area (Å²) >= 11 is 6.18. The highest BCUT2D eigenvalue weighted by Gasteiger charge is 2.32. The predicted molar refractivity (Wildman–Crippen MR) is 82.5 cm³/mol. The van der Waals surface area contributed by atoms with Crippen LogP contribution in [0.15, 0.2) is 18.2 Å². The number of halogens is 1. The van der Waals surface area contributed by atoms with Crippen LogP contribution < -0.4 is 15.1 Å². The van der Waals surface area contributed by atoms with E-state index in [1.807, 2.05) is 6.07 Å². The number of hydrogen-bond donors (Lipinski definition) is 1. The molecular formula is C15H22ClN3. The number of hydrogen-bond acceptors (Lipinski definition) is 3. The van der Waals surface area contributed by atoms with Crippen LogP contribution in [0.4, 0.5) is 11.4 Å². The molecule has 1 saturated heterocycles. The van der Waals surface area contributed by atoms with Crippen molar-refractivity contribution in [3.8, 4) is 0 Å². The third-order valence-corrected chi connectivity index (χ3v) is 4.66. The number of likely N-dealkylation sites (N-methyl/N-ethyl adjacent to an activating group) is 1. The second kappa shape index (κ2) is 4.88. The van der Waals surface area contributed by atoms with E-state index in [9.17, 15) is 0 Å². The van der Waals surface area contributed by atoms with Gasteiger partial charge in [-0.2, -0.15) is 0 Å².